The molecule has 1 aromatic carbocycles. The van der Waals surface area contributed by atoms with Gasteiger partial charge in [0, 0.05) is 30.3 Å². The second-order valence-electron chi connectivity index (χ2n) is 7.09. The number of piperidine rings is 3. The van der Waals surface area contributed by atoms with E-state index in [4.69, 9.17) is 19.7 Å². The minimum absolute atomic E-state index is 0.00859. The number of nitrogens with one attached hydrogen (secondary N) is 1. The quantitative estimate of drug-likeness (QED) is 0.635. The van der Waals surface area contributed by atoms with Crippen molar-refractivity contribution in [1.29, 1.82) is 0 Å². The molecule has 4 aliphatic heterocycles. The first-order valence-electron chi connectivity index (χ1n) is 9.49. The number of hydrogen-bond donors (Lipinski definition) is 3. The van der Waals surface area contributed by atoms with Gasteiger partial charge in [0.1, 0.15) is 13.2 Å². The molecule has 0 spiro atoms. The van der Waals surface area contributed by atoms with Crippen molar-refractivity contribution in [1.82, 2.24) is 10.2 Å². The zero-order valence-corrected chi connectivity index (χ0v) is 15.9. The first-order chi connectivity index (χ1) is 13.9. The molecule has 0 radical (unpaired) electrons. The summed E-state index contributed by atoms with van der Waals surface area (Å²) in [7, 11) is 0. The Morgan fingerprint density at radius 1 is 1.00 bits per heavy atom. The number of ether oxygens (including phenoxy) is 2. The molecule has 9 nitrogen and oxygen atoms in total. The number of fused-ring (bicyclic) bond motifs is 4. The van der Waals surface area contributed by atoms with Gasteiger partial charge in [-0.15, -0.1) is 0 Å². The van der Waals surface area contributed by atoms with E-state index < -0.39 is 11.9 Å². The largest absolute Gasteiger partial charge is 0.486 e. The van der Waals surface area contributed by atoms with Gasteiger partial charge >= 0.3 is 11.9 Å². The fourth-order valence-corrected chi connectivity index (χ4v) is 3.71. The van der Waals surface area contributed by atoms with Crippen LogP contribution in [0.15, 0.2) is 30.4 Å². The predicted octanol–water partition coefficient (Wildman–Crippen LogP) is 0.994. The van der Waals surface area contributed by atoms with Crippen molar-refractivity contribution in [2.45, 2.75) is 18.9 Å². The van der Waals surface area contributed by atoms with Crippen LogP contribution in [-0.4, -0.2) is 71.8 Å². The van der Waals surface area contributed by atoms with Crippen LogP contribution in [0.25, 0.3) is 0 Å². The van der Waals surface area contributed by atoms with Gasteiger partial charge in [-0.1, -0.05) is 0 Å². The molecule has 1 atom stereocenters. The molecule has 156 valence electrons. The molecule has 1 aromatic rings. The number of benzene rings is 1. The number of nitrogens with zero attached hydrogens (tertiary/aromatic N) is 1. The van der Waals surface area contributed by atoms with E-state index >= 15 is 0 Å². The lowest BCUT2D eigenvalue weighted by Crippen LogP contribution is -2.57. The van der Waals surface area contributed by atoms with Crippen LogP contribution in [0.5, 0.6) is 11.5 Å². The maximum atomic E-state index is 12.4. The Balaban J connectivity index is 0.000000258. The summed E-state index contributed by atoms with van der Waals surface area (Å²) >= 11 is 0. The summed E-state index contributed by atoms with van der Waals surface area (Å²) in [6, 6.07) is 5.70. The number of hydrogen-bond acceptors (Lipinski definition) is 6. The molecule has 1 unspecified atom stereocenters. The number of carboxylic acids is 2. The Morgan fingerprint density at radius 3 is 2.17 bits per heavy atom. The molecule has 5 rings (SSSR count). The van der Waals surface area contributed by atoms with E-state index in [9.17, 15) is 14.4 Å². The summed E-state index contributed by atoms with van der Waals surface area (Å²) in [6.07, 6.45) is 3.52. The zero-order chi connectivity index (χ0) is 20.8. The summed E-state index contributed by atoms with van der Waals surface area (Å²) in [5, 5.41) is 18.8. The second-order valence-corrected chi connectivity index (χ2v) is 7.09. The maximum absolute atomic E-state index is 12.4. The molecule has 9 heteroatoms. The van der Waals surface area contributed by atoms with Crippen LogP contribution in [0.3, 0.4) is 0 Å². The number of carbonyl (C=O) groups excluding carboxylic acids is 1. The lowest BCUT2D eigenvalue weighted by Gasteiger charge is -2.44. The summed E-state index contributed by atoms with van der Waals surface area (Å²) < 4.78 is 11.0. The van der Waals surface area contributed by atoms with E-state index in [0.717, 1.165) is 12.3 Å². The highest BCUT2D eigenvalue weighted by Gasteiger charge is 2.35. The van der Waals surface area contributed by atoms with Crippen LogP contribution < -0.4 is 14.8 Å². The lowest BCUT2D eigenvalue weighted by molar-refractivity contribution is -0.134. The van der Waals surface area contributed by atoms with Gasteiger partial charge in [-0.3, -0.25) is 4.79 Å². The molecule has 0 saturated carbocycles. The van der Waals surface area contributed by atoms with Crippen LogP contribution in [0.4, 0.5) is 0 Å². The molecule has 1 amide bonds. The predicted molar refractivity (Wildman–Crippen MR) is 102 cm³/mol. The second kappa shape index (κ2) is 9.42. The lowest BCUT2D eigenvalue weighted by atomic mass is 9.84. The fourth-order valence-electron chi connectivity index (χ4n) is 3.71. The van der Waals surface area contributed by atoms with Gasteiger partial charge in [-0.2, -0.15) is 0 Å². The van der Waals surface area contributed by atoms with Crippen molar-refractivity contribution in [2.24, 2.45) is 5.92 Å². The van der Waals surface area contributed by atoms with Crippen LogP contribution in [-0.2, 0) is 9.59 Å². The van der Waals surface area contributed by atoms with Gasteiger partial charge in [-0.25, -0.2) is 9.59 Å². The number of carbonyl (C=O) groups is 3. The average Bonchev–Trinajstić information content (AvgIpc) is 2.73. The standard InChI is InChI=1S/C16H20N2O3.C4H4O4/c19-16(17-13-10-18-5-3-11(13)4-6-18)12-1-2-14-15(9-12)21-8-7-20-14;5-3(6)1-2-4(7)8/h1-2,9,11,13H,3-8,10H2,(H,17,19);1-2H,(H,5,6)(H,7,8). The smallest absolute Gasteiger partial charge is 0.328 e. The van der Waals surface area contributed by atoms with E-state index in [1.54, 1.807) is 6.07 Å². The van der Waals surface area contributed by atoms with Crippen LogP contribution in [0, 0.1) is 5.92 Å². The highest BCUT2D eigenvalue weighted by molar-refractivity contribution is 5.95. The minimum Gasteiger partial charge on any atom is -0.486 e. The van der Waals surface area contributed by atoms with Gasteiger partial charge < -0.3 is 29.9 Å². The van der Waals surface area contributed by atoms with E-state index in [1.165, 1.54) is 25.9 Å². The molecule has 4 aliphatic rings. The van der Waals surface area contributed by atoms with E-state index in [1.807, 2.05) is 12.1 Å². The van der Waals surface area contributed by atoms with E-state index in [2.05, 4.69) is 10.2 Å². The molecule has 4 heterocycles. The summed E-state index contributed by atoms with van der Waals surface area (Å²) in [6.45, 7) is 4.46. The number of carboxylic acid groups (broad SMARTS) is 2. The first kappa shape index (κ1) is 20.7. The van der Waals surface area contributed by atoms with Crippen molar-refractivity contribution in [3.63, 3.8) is 0 Å². The molecular weight excluding hydrogens is 380 g/mol. The molecular formula is C20H24N2O7. The third-order valence-corrected chi connectivity index (χ3v) is 5.15. The van der Waals surface area contributed by atoms with Crippen molar-refractivity contribution < 1.29 is 34.1 Å². The zero-order valence-electron chi connectivity index (χ0n) is 15.9. The van der Waals surface area contributed by atoms with Crippen molar-refractivity contribution in [3.05, 3.63) is 35.9 Å². The van der Waals surface area contributed by atoms with Crippen LogP contribution in [0.1, 0.15) is 23.2 Å². The normalized spacial score (nSPS) is 24.3. The Kier molecular flexibility index (Phi) is 6.71. The monoisotopic (exact) mass is 404 g/mol. The summed E-state index contributed by atoms with van der Waals surface area (Å²) in [5.41, 5.74) is 0.649. The van der Waals surface area contributed by atoms with Crippen molar-refractivity contribution in [2.75, 3.05) is 32.8 Å². The fraction of sp³-hybridized carbons (Fsp3) is 0.450. The molecule has 3 saturated heterocycles. The summed E-state index contributed by atoms with van der Waals surface area (Å²) in [4.78, 5) is 34.0. The van der Waals surface area contributed by atoms with Gasteiger partial charge in [-0.05, 0) is 50.0 Å². The van der Waals surface area contributed by atoms with Crippen molar-refractivity contribution in [3.8, 4) is 11.5 Å². The molecule has 0 aromatic heterocycles. The molecule has 29 heavy (non-hydrogen) atoms. The van der Waals surface area contributed by atoms with Gasteiger partial charge in [0.25, 0.3) is 5.91 Å². The third kappa shape index (κ3) is 5.71. The third-order valence-electron chi connectivity index (χ3n) is 5.15. The molecule has 3 fully saturated rings. The Morgan fingerprint density at radius 2 is 1.62 bits per heavy atom. The summed E-state index contributed by atoms with van der Waals surface area (Å²) in [5.74, 6) is -0.495. The van der Waals surface area contributed by atoms with E-state index in [-0.39, 0.29) is 11.9 Å². The Hall–Kier alpha value is -3.07. The average molecular weight is 404 g/mol. The van der Waals surface area contributed by atoms with Gasteiger partial charge in [0.2, 0.25) is 0 Å². The topological polar surface area (TPSA) is 125 Å². The highest BCUT2D eigenvalue weighted by Crippen LogP contribution is 2.31. The maximum Gasteiger partial charge on any atom is 0.328 e. The van der Waals surface area contributed by atoms with Gasteiger partial charge in [0.15, 0.2) is 11.5 Å². The molecule has 3 N–H and O–H groups in total. The SMILES string of the molecule is O=C(NC1CN2CCC1CC2)c1ccc2c(c1)OCCO2.O=C(O)C=CC(=O)O. The minimum atomic E-state index is -1.26. The molecule has 0 aliphatic carbocycles. The number of aliphatic carboxylic acids is 2. The Bertz CT molecular complexity index is 784. The highest BCUT2D eigenvalue weighted by atomic mass is 16.6. The van der Waals surface area contributed by atoms with Gasteiger partial charge in [0.05, 0.1) is 0 Å². The van der Waals surface area contributed by atoms with E-state index in [0.29, 0.717) is 42.6 Å². The van der Waals surface area contributed by atoms with Crippen LogP contribution >= 0.6 is 0 Å². The Labute approximate surface area is 167 Å². The first-order valence-corrected chi connectivity index (χ1v) is 9.49. The van der Waals surface area contributed by atoms with Crippen molar-refractivity contribution >= 4 is 17.8 Å². The number of amides is 1. The number of rotatable bonds is 4. The molecule has 2 bridgehead atoms. The van der Waals surface area contributed by atoms with Crippen LogP contribution in [0.2, 0.25) is 0 Å².